The van der Waals surface area contributed by atoms with Crippen LogP contribution in [0.3, 0.4) is 0 Å². The summed E-state index contributed by atoms with van der Waals surface area (Å²) in [5, 5.41) is 4.07. The molecule has 1 heterocycles. The molecule has 3 nitrogen and oxygen atoms in total. The minimum Gasteiger partial charge on any atom is -0.489 e. The van der Waals surface area contributed by atoms with Crippen LogP contribution < -0.4 is 15.0 Å². The molecular formula is C13H19ClN2O. The molecule has 0 bridgehead atoms. The van der Waals surface area contributed by atoms with Crippen LogP contribution in [0.1, 0.15) is 13.8 Å². The van der Waals surface area contributed by atoms with Crippen LogP contribution in [0.5, 0.6) is 5.75 Å². The Morgan fingerprint density at radius 3 is 2.65 bits per heavy atom. The maximum absolute atomic E-state index is 6.03. The highest BCUT2D eigenvalue weighted by atomic mass is 35.5. The number of halogens is 1. The maximum Gasteiger partial charge on any atom is 0.144 e. The van der Waals surface area contributed by atoms with Gasteiger partial charge in [0.25, 0.3) is 0 Å². The Labute approximate surface area is 108 Å². The van der Waals surface area contributed by atoms with Crippen LogP contribution in [0.15, 0.2) is 18.2 Å². The summed E-state index contributed by atoms with van der Waals surface area (Å²) in [7, 11) is 0. The SMILES string of the molecule is CC(C)Oc1cc(Cl)ccc1N1CCNCC1. The van der Waals surface area contributed by atoms with Crippen molar-refractivity contribution in [1.29, 1.82) is 0 Å². The van der Waals surface area contributed by atoms with Crippen molar-refractivity contribution in [2.75, 3.05) is 31.1 Å². The van der Waals surface area contributed by atoms with Gasteiger partial charge in [0.05, 0.1) is 11.8 Å². The summed E-state index contributed by atoms with van der Waals surface area (Å²) in [6, 6.07) is 5.87. The van der Waals surface area contributed by atoms with E-state index in [-0.39, 0.29) is 6.10 Å². The van der Waals surface area contributed by atoms with E-state index in [0.717, 1.165) is 42.6 Å². The third-order valence-electron chi connectivity index (χ3n) is 2.74. The van der Waals surface area contributed by atoms with Crippen LogP contribution in [-0.4, -0.2) is 32.3 Å². The molecule has 1 fully saturated rings. The standard InChI is InChI=1S/C13H19ClN2O/c1-10(2)17-13-9-11(14)3-4-12(13)16-7-5-15-6-8-16/h3-4,9-10,15H,5-8H2,1-2H3. The van der Waals surface area contributed by atoms with E-state index in [4.69, 9.17) is 16.3 Å². The molecule has 1 aromatic rings. The van der Waals surface area contributed by atoms with Gasteiger partial charge in [0.15, 0.2) is 0 Å². The van der Waals surface area contributed by atoms with Crippen molar-refractivity contribution >= 4 is 17.3 Å². The lowest BCUT2D eigenvalue weighted by molar-refractivity contribution is 0.242. The number of ether oxygens (including phenoxy) is 1. The van der Waals surface area contributed by atoms with Crippen LogP contribution in [0, 0.1) is 0 Å². The van der Waals surface area contributed by atoms with E-state index in [1.54, 1.807) is 0 Å². The molecule has 0 unspecified atom stereocenters. The number of rotatable bonds is 3. The van der Waals surface area contributed by atoms with E-state index in [9.17, 15) is 0 Å². The minimum atomic E-state index is 0.162. The highest BCUT2D eigenvalue weighted by Crippen LogP contribution is 2.32. The topological polar surface area (TPSA) is 24.5 Å². The summed E-state index contributed by atoms with van der Waals surface area (Å²) in [6.07, 6.45) is 0.162. The molecule has 0 atom stereocenters. The van der Waals surface area contributed by atoms with Crippen molar-refractivity contribution < 1.29 is 4.74 Å². The average Bonchev–Trinajstić information content (AvgIpc) is 2.29. The Morgan fingerprint density at radius 1 is 1.29 bits per heavy atom. The number of nitrogens with zero attached hydrogens (tertiary/aromatic N) is 1. The zero-order valence-corrected chi connectivity index (χ0v) is 11.1. The second kappa shape index (κ2) is 5.61. The normalized spacial score (nSPS) is 16.4. The third kappa shape index (κ3) is 3.27. The predicted octanol–water partition coefficient (Wildman–Crippen LogP) is 2.54. The minimum absolute atomic E-state index is 0.162. The predicted molar refractivity (Wildman–Crippen MR) is 72.3 cm³/mol. The Kier molecular flexibility index (Phi) is 4.13. The van der Waals surface area contributed by atoms with Gasteiger partial charge in [-0.15, -0.1) is 0 Å². The van der Waals surface area contributed by atoms with Crippen molar-refractivity contribution in [2.24, 2.45) is 0 Å². The summed E-state index contributed by atoms with van der Waals surface area (Å²) in [6.45, 7) is 8.12. The second-order valence-corrected chi connectivity index (χ2v) is 4.95. The largest absolute Gasteiger partial charge is 0.489 e. The summed E-state index contributed by atoms with van der Waals surface area (Å²) in [5.41, 5.74) is 1.14. The molecule has 1 saturated heterocycles. The van der Waals surface area contributed by atoms with Crippen LogP contribution in [0.4, 0.5) is 5.69 Å². The first-order valence-electron chi connectivity index (χ1n) is 6.08. The van der Waals surface area contributed by atoms with E-state index >= 15 is 0 Å². The lowest BCUT2D eigenvalue weighted by Gasteiger charge is -2.31. The van der Waals surface area contributed by atoms with Gasteiger partial charge >= 0.3 is 0 Å². The van der Waals surface area contributed by atoms with Crippen molar-refractivity contribution in [1.82, 2.24) is 5.32 Å². The molecule has 94 valence electrons. The molecule has 1 aliphatic heterocycles. The van der Waals surface area contributed by atoms with Gasteiger partial charge in [0.2, 0.25) is 0 Å². The first-order valence-corrected chi connectivity index (χ1v) is 6.46. The summed E-state index contributed by atoms with van der Waals surface area (Å²) >= 11 is 6.03. The fraction of sp³-hybridized carbons (Fsp3) is 0.538. The van der Waals surface area contributed by atoms with Gasteiger partial charge < -0.3 is 15.0 Å². The Bertz CT molecular complexity index is 376. The van der Waals surface area contributed by atoms with Crippen LogP contribution >= 0.6 is 11.6 Å². The molecule has 0 radical (unpaired) electrons. The molecule has 1 N–H and O–H groups in total. The Morgan fingerprint density at radius 2 is 2.00 bits per heavy atom. The molecule has 0 aliphatic carbocycles. The third-order valence-corrected chi connectivity index (χ3v) is 2.98. The van der Waals surface area contributed by atoms with Gasteiger partial charge in [0, 0.05) is 37.3 Å². The molecule has 0 saturated carbocycles. The molecule has 2 rings (SSSR count). The van der Waals surface area contributed by atoms with E-state index in [1.165, 1.54) is 0 Å². The lowest BCUT2D eigenvalue weighted by atomic mass is 10.2. The number of piperazine rings is 1. The fourth-order valence-corrected chi connectivity index (χ4v) is 2.17. The number of hydrogen-bond acceptors (Lipinski definition) is 3. The second-order valence-electron chi connectivity index (χ2n) is 4.52. The van der Waals surface area contributed by atoms with Crippen LogP contribution in [-0.2, 0) is 0 Å². The smallest absolute Gasteiger partial charge is 0.144 e. The quantitative estimate of drug-likeness (QED) is 0.897. The van der Waals surface area contributed by atoms with Gasteiger partial charge in [0.1, 0.15) is 5.75 Å². The summed E-state index contributed by atoms with van der Waals surface area (Å²) in [5.74, 6) is 0.884. The highest BCUT2D eigenvalue weighted by molar-refractivity contribution is 6.30. The number of nitrogens with one attached hydrogen (secondary N) is 1. The number of anilines is 1. The summed E-state index contributed by atoms with van der Waals surface area (Å²) < 4.78 is 5.83. The number of benzene rings is 1. The molecule has 0 spiro atoms. The first-order chi connectivity index (χ1) is 8.16. The van der Waals surface area contributed by atoms with E-state index in [0.29, 0.717) is 0 Å². The average molecular weight is 255 g/mol. The molecule has 4 heteroatoms. The molecule has 0 amide bonds. The summed E-state index contributed by atoms with van der Waals surface area (Å²) in [4.78, 5) is 2.34. The molecule has 17 heavy (non-hydrogen) atoms. The van der Waals surface area contributed by atoms with E-state index < -0.39 is 0 Å². The van der Waals surface area contributed by atoms with Crippen molar-refractivity contribution in [3.05, 3.63) is 23.2 Å². The molecular weight excluding hydrogens is 236 g/mol. The van der Waals surface area contributed by atoms with Crippen molar-refractivity contribution in [2.45, 2.75) is 20.0 Å². The lowest BCUT2D eigenvalue weighted by Crippen LogP contribution is -2.43. The molecule has 1 aromatic carbocycles. The van der Waals surface area contributed by atoms with Crippen LogP contribution in [0.25, 0.3) is 0 Å². The zero-order chi connectivity index (χ0) is 12.3. The van der Waals surface area contributed by atoms with E-state index in [1.807, 2.05) is 32.0 Å². The van der Waals surface area contributed by atoms with Gasteiger partial charge in [-0.05, 0) is 26.0 Å². The zero-order valence-electron chi connectivity index (χ0n) is 10.4. The van der Waals surface area contributed by atoms with Gasteiger partial charge in [-0.2, -0.15) is 0 Å². The number of hydrogen-bond donors (Lipinski definition) is 1. The van der Waals surface area contributed by atoms with Crippen molar-refractivity contribution in [3.63, 3.8) is 0 Å². The first kappa shape index (κ1) is 12.5. The maximum atomic E-state index is 6.03. The Balaban J connectivity index is 2.24. The Hall–Kier alpha value is -0.930. The van der Waals surface area contributed by atoms with E-state index in [2.05, 4.69) is 10.2 Å². The van der Waals surface area contributed by atoms with Gasteiger partial charge in [-0.25, -0.2) is 0 Å². The van der Waals surface area contributed by atoms with Crippen molar-refractivity contribution in [3.8, 4) is 5.75 Å². The highest BCUT2D eigenvalue weighted by Gasteiger charge is 2.15. The van der Waals surface area contributed by atoms with Gasteiger partial charge in [-0.1, -0.05) is 11.6 Å². The monoisotopic (exact) mass is 254 g/mol. The van der Waals surface area contributed by atoms with Gasteiger partial charge in [-0.3, -0.25) is 0 Å². The molecule has 1 aliphatic rings. The fourth-order valence-electron chi connectivity index (χ4n) is 2.00. The van der Waals surface area contributed by atoms with Crippen LogP contribution in [0.2, 0.25) is 5.02 Å². The molecule has 0 aromatic heterocycles.